The summed E-state index contributed by atoms with van der Waals surface area (Å²) in [6.45, 7) is 4.83. The summed E-state index contributed by atoms with van der Waals surface area (Å²) in [6.07, 6.45) is 4.31. The third kappa shape index (κ3) is 5.64. The third-order valence-electron chi connectivity index (χ3n) is 6.01. The van der Waals surface area contributed by atoms with Gasteiger partial charge in [-0.2, -0.15) is 0 Å². The summed E-state index contributed by atoms with van der Waals surface area (Å²) in [6, 6.07) is 17.8. The number of nitrogens with zero attached hydrogens (tertiary/aromatic N) is 4. The topological polar surface area (TPSA) is 83.5 Å². The van der Waals surface area contributed by atoms with Gasteiger partial charge in [0.1, 0.15) is 0 Å². The lowest BCUT2D eigenvalue weighted by Crippen LogP contribution is -2.31. The second-order valence-electron chi connectivity index (χ2n) is 8.57. The van der Waals surface area contributed by atoms with E-state index < -0.39 is 10.0 Å². The molecule has 0 spiro atoms. The van der Waals surface area contributed by atoms with Crippen LogP contribution in [0.25, 0.3) is 10.2 Å². The fourth-order valence-corrected chi connectivity index (χ4v) is 6.01. The predicted molar refractivity (Wildman–Crippen MR) is 145 cm³/mol. The second kappa shape index (κ2) is 11.3. The van der Waals surface area contributed by atoms with Gasteiger partial charge in [0.2, 0.25) is 10.0 Å². The summed E-state index contributed by atoms with van der Waals surface area (Å²) >= 11 is 1.46. The molecule has 188 valence electrons. The number of fused-ring (bicyclic) bond motifs is 1. The normalized spacial score (nSPS) is 11.8. The summed E-state index contributed by atoms with van der Waals surface area (Å²) < 4.78 is 28.1. The Morgan fingerprint density at radius 2 is 1.81 bits per heavy atom. The van der Waals surface area contributed by atoms with Crippen LogP contribution in [0.4, 0.5) is 5.13 Å². The Kier molecular flexibility index (Phi) is 8.13. The Morgan fingerprint density at radius 3 is 2.47 bits per heavy atom. The van der Waals surface area contributed by atoms with Gasteiger partial charge < -0.3 is 0 Å². The van der Waals surface area contributed by atoms with Crippen molar-refractivity contribution in [2.24, 2.45) is 0 Å². The summed E-state index contributed by atoms with van der Waals surface area (Å²) in [5.74, 6) is -0.265. The molecule has 0 aliphatic rings. The van der Waals surface area contributed by atoms with E-state index in [1.54, 1.807) is 30.3 Å². The third-order valence-corrected chi connectivity index (χ3v) is 8.92. The first-order chi connectivity index (χ1) is 17.3. The van der Waals surface area contributed by atoms with E-state index >= 15 is 0 Å². The molecular formula is C27H30N4O3S2. The fourth-order valence-electron chi connectivity index (χ4n) is 3.78. The SMILES string of the molecule is CCCCN(C)S(=O)(=O)c1ccc(C(=O)N(Cc2ccccn2)c2nc3ccc(CC)cc3s2)cc1. The summed E-state index contributed by atoms with van der Waals surface area (Å²) in [4.78, 5) is 24.6. The van der Waals surface area contributed by atoms with Crippen molar-refractivity contribution in [1.82, 2.24) is 14.3 Å². The first-order valence-corrected chi connectivity index (χ1v) is 14.3. The highest BCUT2D eigenvalue weighted by atomic mass is 32.2. The van der Waals surface area contributed by atoms with Crippen molar-refractivity contribution in [3.8, 4) is 0 Å². The smallest absolute Gasteiger partial charge is 0.260 e. The van der Waals surface area contributed by atoms with Crippen molar-refractivity contribution in [3.05, 3.63) is 83.7 Å². The van der Waals surface area contributed by atoms with Crippen molar-refractivity contribution in [1.29, 1.82) is 0 Å². The first-order valence-electron chi connectivity index (χ1n) is 12.0. The zero-order chi connectivity index (χ0) is 25.7. The average Bonchev–Trinajstić information content (AvgIpc) is 3.33. The minimum absolute atomic E-state index is 0.168. The first kappa shape index (κ1) is 25.9. The Hall–Kier alpha value is -3.14. The Labute approximate surface area is 216 Å². The molecule has 0 saturated carbocycles. The molecule has 0 atom stereocenters. The monoisotopic (exact) mass is 522 g/mol. The van der Waals surface area contributed by atoms with Gasteiger partial charge in [-0.15, -0.1) is 0 Å². The van der Waals surface area contributed by atoms with Crippen LogP contribution in [0, 0.1) is 0 Å². The van der Waals surface area contributed by atoms with Crippen LogP contribution in [-0.4, -0.2) is 42.2 Å². The number of sulfonamides is 1. The highest BCUT2D eigenvalue weighted by molar-refractivity contribution is 7.89. The number of pyridine rings is 1. The lowest BCUT2D eigenvalue weighted by atomic mass is 10.2. The van der Waals surface area contributed by atoms with E-state index in [1.165, 1.54) is 33.3 Å². The molecule has 1 amide bonds. The molecule has 0 bridgehead atoms. The molecule has 2 heterocycles. The fraction of sp³-hybridized carbons (Fsp3) is 0.296. The maximum Gasteiger partial charge on any atom is 0.260 e. The van der Waals surface area contributed by atoms with Gasteiger partial charge in [-0.25, -0.2) is 17.7 Å². The number of rotatable bonds is 10. The van der Waals surface area contributed by atoms with Gasteiger partial charge in [0, 0.05) is 25.4 Å². The Morgan fingerprint density at radius 1 is 1.03 bits per heavy atom. The van der Waals surface area contributed by atoms with Gasteiger partial charge in [0.25, 0.3) is 5.91 Å². The number of carbonyl (C=O) groups is 1. The van der Waals surface area contributed by atoms with Crippen molar-refractivity contribution in [3.63, 3.8) is 0 Å². The van der Waals surface area contributed by atoms with E-state index in [0.717, 1.165) is 35.2 Å². The van der Waals surface area contributed by atoms with Crippen LogP contribution >= 0.6 is 11.3 Å². The van der Waals surface area contributed by atoms with Gasteiger partial charge in [-0.3, -0.25) is 14.7 Å². The molecule has 7 nitrogen and oxygen atoms in total. The van der Waals surface area contributed by atoms with Crippen LogP contribution in [0.3, 0.4) is 0 Å². The average molecular weight is 523 g/mol. The standard InChI is InChI=1S/C27H30N4O3S2/c1-4-6-17-30(3)36(33,34)23-13-11-21(12-14-23)26(32)31(19-22-9-7-8-16-28-22)27-29-24-15-10-20(5-2)18-25(24)35-27/h7-16,18H,4-6,17,19H2,1-3H3. The van der Waals surface area contributed by atoms with Gasteiger partial charge in [-0.1, -0.05) is 43.7 Å². The van der Waals surface area contributed by atoms with E-state index in [-0.39, 0.29) is 17.3 Å². The van der Waals surface area contributed by atoms with Crippen LogP contribution in [-0.2, 0) is 23.0 Å². The number of hydrogen-bond donors (Lipinski definition) is 0. The van der Waals surface area contributed by atoms with Crippen molar-refractivity contribution < 1.29 is 13.2 Å². The number of aryl methyl sites for hydroxylation is 1. The molecule has 4 rings (SSSR count). The molecule has 0 aliphatic carbocycles. The second-order valence-corrected chi connectivity index (χ2v) is 11.6. The van der Waals surface area contributed by atoms with Crippen LogP contribution < -0.4 is 4.90 Å². The van der Waals surface area contributed by atoms with E-state index in [4.69, 9.17) is 4.98 Å². The summed E-state index contributed by atoms with van der Waals surface area (Å²) in [5.41, 5.74) is 3.16. The number of thiazole rings is 1. The Balaban J connectivity index is 1.66. The van der Waals surface area contributed by atoms with E-state index in [2.05, 4.69) is 18.0 Å². The summed E-state index contributed by atoms with van der Waals surface area (Å²) in [7, 11) is -2.03. The maximum atomic E-state index is 13.7. The Bertz CT molecular complexity index is 1440. The number of anilines is 1. The van der Waals surface area contributed by atoms with Gasteiger partial charge >= 0.3 is 0 Å². The van der Waals surface area contributed by atoms with Crippen LogP contribution in [0.5, 0.6) is 0 Å². The number of amides is 1. The number of aromatic nitrogens is 2. The van der Waals surface area contributed by atoms with E-state index in [0.29, 0.717) is 17.2 Å². The van der Waals surface area contributed by atoms with Crippen LogP contribution in [0.2, 0.25) is 0 Å². The van der Waals surface area contributed by atoms with E-state index in [1.807, 2.05) is 37.3 Å². The molecule has 4 aromatic rings. The van der Waals surface area contributed by atoms with Gasteiger partial charge in [-0.05, 0) is 66.9 Å². The van der Waals surface area contributed by atoms with Crippen molar-refractivity contribution >= 4 is 42.6 Å². The molecular weight excluding hydrogens is 492 g/mol. The molecule has 36 heavy (non-hydrogen) atoms. The molecule has 9 heteroatoms. The quantitative estimate of drug-likeness (QED) is 0.274. The van der Waals surface area contributed by atoms with Gasteiger partial charge in [0.05, 0.1) is 27.4 Å². The molecule has 0 unspecified atom stereocenters. The minimum Gasteiger partial charge on any atom is -0.278 e. The van der Waals surface area contributed by atoms with Crippen molar-refractivity contribution in [2.45, 2.75) is 44.6 Å². The van der Waals surface area contributed by atoms with Crippen LogP contribution in [0.1, 0.15) is 48.3 Å². The number of hydrogen-bond acceptors (Lipinski definition) is 6. The molecule has 0 fully saturated rings. The zero-order valence-corrected chi connectivity index (χ0v) is 22.3. The number of carbonyl (C=O) groups excluding carboxylic acids is 1. The highest BCUT2D eigenvalue weighted by Crippen LogP contribution is 2.31. The maximum absolute atomic E-state index is 13.7. The molecule has 0 radical (unpaired) electrons. The largest absolute Gasteiger partial charge is 0.278 e. The lowest BCUT2D eigenvalue weighted by Gasteiger charge is -2.20. The van der Waals surface area contributed by atoms with Crippen molar-refractivity contribution in [2.75, 3.05) is 18.5 Å². The highest BCUT2D eigenvalue weighted by Gasteiger charge is 2.24. The minimum atomic E-state index is -3.61. The summed E-state index contributed by atoms with van der Waals surface area (Å²) in [5, 5.41) is 0.574. The van der Waals surface area contributed by atoms with Gasteiger partial charge in [0.15, 0.2) is 5.13 Å². The predicted octanol–water partition coefficient (Wildman–Crippen LogP) is 5.52. The lowest BCUT2D eigenvalue weighted by molar-refractivity contribution is 0.0984. The molecule has 0 aliphatic heterocycles. The molecule has 2 aromatic carbocycles. The molecule has 0 saturated heterocycles. The zero-order valence-electron chi connectivity index (χ0n) is 20.7. The number of benzene rings is 2. The van der Waals surface area contributed by atoms with Crippen LogP contribution in [0.15, 0.2) is 71.8 Å². The number of unbranched alkanes of at least 4 members (excludes halogenated alkanes) is 1. The molecule has 0 N–H and O–H groups in total. The van der Waals surface area contributed by atoms with E-state index in [9.17, 15) is 13.2 Å². The molecule has 2 aromatic heterocycles.